The topological polar surface area (TPSA) is 43.6 Å². The molecule has 0 radical (unpaired) electrons. The fourth-order valence-corrected chi connectivity index (χ4v) is 2.61. The lowest BCUT2D eigenvalue weighted by Crippen LogP contribution is -1.96. The van der Waals surface area contributed by atoms with Gasteiger partial charge in [0.2, 0.25) is 5.28 Å². The van der Waals surface area contributed by atoms with E-state index in [2.05, 4.69) is 52.2 Å². The molecule has 0 aliphatic rings. The predicted molar refractivity (Wildman–Crippen MR) is 90.2 cm³/mol. The lowest BCUT2D eigenvalue weighted by molar-refractivity contribution is 0.839. The summed E-state index contributed by atoms with van der Waals surface area (Å²) in [6, 6.07) is 8.49. The van der Waals surface area contributed by atoms with Crippen molar-refractivity contribution in [2.75, 3.05) is 0 Å². The van der Waals surface area contributed by atoms with E-state index in [-0.39, 0.29) is 10.4 Å². The highest BCUT2D eigenvalue weighted by Crippen LogP contribution is 2.20. The Morgan fingerprint density at radius 2 is 1.91 bits per heavy atom. The van der Waals surface area contributed by atoms with Gasteiger partial charge < -0.3 is 4.57 Å². The van der Waals surface area contributed by atoms with E-state index >= 15 is 0 Å². The van der Waals surface area contributed by atoms with Crippen LogP contribution in [0.4, 0.5) is 0 Å². The molecule has 3 rings (SSSR count). The Bertz CT molecular complexity index is 822. The first-order chi connectivity index (χ1) is 10.7. The van der Waals surface area contributed by atoms with Crippen LogP contribution in [-0.2, 0) is 13.0 Å². The first-order valence-electron chi connectivity index (χ1n) is 6.96. The molecule has 4 nitrogen and oxygen atoms in total. The lowest BCUT2D eigenvalue weighted by Gasteiger charge is -2.00. The molecule has 2 heterocycles. The Hall–Kier alpha value is -1.91. The third-order valence-electron chi connectivity index (χ3n) is 3.39. The van der Waals surface area contributed by atoms with Gasteiger partial charge in [-0.2, -0.15) is 4.98 Å². The summed E-state index contributed by atoms with van der Waals surface area (Å²) in [5.41, 5.74) is 3.69. The van der Waals surface area contributed by atoms with Gasteiger partial charge in [0.1, 0.15) is 5.52 Å². The zero-order valence-electron chi connectivity index (χ0n) is 12.0. The molecule has 0 bridgehead atoms. The van der Waals surface area contributed by atoms with Crippen LogP contribution >= 0.6 is 23.2 Å². The van der Waals surface area contributed by atoms with E-state index < -0.39 is 0 Å². The number of rotatable bonds is 4. The number of allylic oxidation sites excluding steroid dienone is 1. The van der Waals surface area contributed by atoms with Crippen LogP contribution in [0.15, 0.2) is 36.7 Å². The molecule has 0 aliphatic carbocycles. The normalized spacial score (nSPS) is 11.6. The smallest absolute Gasteiger partial charge is 0.225 e. The van der Waals surface area contributed by atoms with Crippen molar-refractivity contribution in [2.24, 2.45) is 0 Å². The molecule has 0 atom stereocenters. The molecule has 0 spiro atoms. The van der Waals surface area contributed by atoms with E-state index in [9.17, 15) is 0 Å². The molecule has 112 valence electrons. The molecule has 3 aromatic rings. The number of aromatic nitrogens is 4. The number of aryl methyl sites for hydroxylation is 1. The van der Waals surface area contributed by atoms with Gasteiger partial charge in [0.25, 0.3) is 0 Å². The van der Waals surface area contributed by atoms with Crippen molar-refractivity contribution < 1.29 is 0 Å². The van der Waals surface area contributed by atoms with Crippen molar-refractivity contribution >= 4 is 40.4 Å². The van der Waals surface area contributed by atoms with E-state index in [4.69, 9.17) is 23.2 Å². The van der Waals surface area contributed by atoms with Crippen molar-refractivity contribution in [1.82, 2.24) is 19.5 Å². The highest BCUT2D eigenvalue weighted by molar-refractivity contribution is 6.35. The SMILES string of the molecule is CCc1ccc(/C=C/Cn2cnc3c(Cl)nc(Cl)nc32)cc1. The summed E-state index contributed by atoms with van der Waals surface area (Å²) in [6.07, 6.45) is 6.85. The Kier molecular flexibility index (Phi) is 4.41. The average molecular weight is 333 g/mol. The van der Waals surface area contributed by atoms with Crippen LogP contribution in [0.25, 0.3) is 17.2 Å². The molecule has 6 heteroatoms. The second kappa shape index (κ2) is 6.46. The molecule has 0 aliphatic heterocycles. The molecule has 0 fully saturated rings. The van der Waals surface area contributed by atoms with Crippen molar-refractivity contribution in [3.63, 3.8) is 0 Å². The van der Waals surface area contributed by atoms with Crippen LogP contribution in [-0.4, -0.2) is 19.5 Å². The third kappa shape index (κ3) is 3.13. The first-order valence-corrected chi connectivity index (χ1v) is 7.72. The monoisotopic (exact) mass is 332 g/mol. The van der Waals surface area contributed by atoms with Crippen molar-refractivity contribution in [3.05, 3.63) is 58.2 Å². The second-order valence-electron chi connectivity index (χ2n) is 4.85. The van der Waals surface area contributed by atoms with Gasteiger partial charge in [-0.1, -0.05) is 54.9 Å². The van der Waals surface area contributed by atoms with Crippen molar-refractivity contribution in [1.29, 1.82) is 0 Å². The molecule has 1 aromatic carbocycles. The van der Waals surface area contributed by atoms with Gasteiger partial charge in [-0.05, 0) is 29.1 Å². The summed E-state index contributed by atoms with van der Waals surface area (Å²) in [5, 5.41) is 0.395. The number of benzene rings is 1. The summed E-state index contributed by atoms with van der Waals surface area (Å²) in [4.78, 5) is 12.3. The Morgan fingerprint density at radius 3 is 2.64 bits per heavy atom. The molecule has 2 aromatic heterocycles. The van der Waals surface area contributed by atoms with Crippen LogP contribution in [0.5, 0.6) is 0 Å². The van der Waals surface area contributed by atoms with Crippen LogP contribution in [0.3, 0.4) is 0 Å². The Morgan fingerprint density at radius 1 is 1.14 bits per heavy atom. The summed E-state index contributed by atoms with van der Waals surface area (Å²) in [5.74, 6) is 0. The molecule has 0 saturated carbocycles. The van der Waals surface area contributed by atoms with Gasteiger partial charge in [0.05, 0.1) is 6.33 Å². The molecule has 0 unspecified atom stereocenters. The predicted octanol–water partition coefficient (Wildman–Crippen LogP) is 4.41. The number of halogens is 2. The summed E-state index contributed by atoms with van der Waals surface area (Å²) < 4.78 is 1.88. The molecule has 0 saturated heterocycles. The van der Waals surface area contributed by atoms with Gasteiger partial charge >= 0.3 is 0 Å². The zero-order valence-corrected chi connectivity index (χ0v) is 13.5. The number of hydrogen-bond acceptors (Lipinski definition) is 3. The minimum Gasteiger partial charge on any atom is -0.311 e. The van der Waals surface area contributed by atoms with E-state index in [0.717, 1.165) is 12.0 Å². The quantitative estimate of drug-likeness (QED) is 0.525. The Labute approximate surface area is 138 Å². The summed E-state index contributed by atoms with van der Waals surface area (Å²) in [7, 11) is 0. The molecular formula is C16H14Cl2N4. The molecule has 0 amide bonds. The summed E-state index contributed by atoms with van der Waals surface area (Å²) in [6.45, 7) is 2.78. The second-order valence-corrected chi connectivity index (χ2v) is 5.55. The Balaban J connectivity index is 1.80. The van der Waals surface area contributed by atoms with Crippen molar-refractivity contribution in [2.45, 2.75) is 19.9 Å². The first kappa shape index (κ1) is 15.0. The van der Waals surface area contributed by atoms with Crippen LogP contribution in [0.2, 0.25) is 10.4 Å². The third-order valence-corrected chi connectivity index (χ3v) is 3.83. The average Bonchev–Trinajstić information content (AvgIpc) is 2.91. The number of imidazole rings is 1. The van der Waals surface area contributed by atoms with Gasteiger partial charge in [-0.15, -0.1) is 0 Å². The maximum atomic E-state index is 6.00. The van der Waals surface area contributed by atoms with Gasteiger partial charge in [-0.3, -0.25) is 0 Å². The fraction of sp³-hybridized carbons (Fsp3) is 0.188. The van der Waals surface area contributed by atoms with E-state index in [1.54, 1.807) is 6.33 Å². The van der Waals surface area contributed by atoms with Crippen molar-refractivity contribution in [3.8, 4) is 0 Å². The largest absolute Gasteiger partial charge is 0.311 e. The maximum absolute atomic E-state index is 6.00. The van der Waals surface area contributed by atoms with E-state index in [1.165, 1.54) is 5.56 Å². The van der Waals surface area contributed by atoms with Gasteiger partial charge in [-0.25, -0.2) is 9.97 Å². The molecular weight excluding hydrogens is 319 g/mol. The minimum absolute atomic E-state index is 0.124. The van der Waals surface area contributed by atoms with Gasteiger partial charge in [0.15, 0.2) is 10.8 Å². The number of fused-ring (bicyclic) bond motifs is 1. The highest BCUT2D eigenvalue weighted by Gasteiger charge is 2.09. The van der Waals surface area contributed by atoms with E-state index in [0.29, 0.717) is 17.7 Å². The zero-order chi connectivity index (χ0) is 15.5. The van der Waals surface area contributed by atoms with Crippen LogP contribution in [0, 0.1) is 0 Å². The van der Waals surface area contributed by atoms with Crippen LogP contribution in [0.1, 0.15) is 18.1 Å². The van der Waals surface area contributed by atoms with Gasteiger partial charge in [0, 0.05) is 6.54 Å². The summed E-state index contributed by atoms with van der Waals surface area (Å²) >= 11 is 11.9. The number of hydrogen-bond donors (Lipinski definition) is 0. The lowest BCUT2D eigenvalue weighted by atomic mass is 10.1. The minimum atomic E-state index is 0.124. The highest BCUT2D eigenvalue weighted by atomic mass is 35.5. The molecule has 0 N–H and O–H groups in total. The van der Waals surface area contributed by atoms with E-state index in [1.807, 2.05) is 10.6 Å². The number of nitrogens with zero attached hydrogens (tertiary/aromatic N) is 4. The molecule has 22 heavy (non-hydrogen) atoms. The standard InChI is InChI=1S/C16H14Cl2N4/c1-2-11-5-7-12(8-6-11)4-3-9-22-10-19-13-14(17)20-16(18)21-15(13)22/h3-8,10H,2,9H2,1H3/b4-3+. The fourth-order valence-electron chi connectivity index (χ4n) is 2.19. The maximum Gasteiger partial charge on any atom is 0.225 e. The van der Waals surface area contributed by atoms with Crippen LogP contribution < -0.4 is 0 Å².